The maximum atomic E-state index is 12.1. The number of carboxylic acids is 2. The number of alkyl carbamates (subject to hydrolysis) is 2. The van der Waals surface area contributed by atoms with Crippen LogP contribution in [-0.2, 0) is 75.0 Å². The number of aromatic nitrogens is 3. The fraction of sp³-hybridized carbons (Fsp3) is 0.254. The van der Waals surface area contributed by atoms with Gasteiger partial charge in [-0.2, -0.15) is 0 Å². The van der Waals surface area contributed by atoms with Crippen LogP contribution in [0.2, 0.25) is 0 Å². The standard InChI is InChI=1S/C19H23N3O2.C18H21N3O3.C13H13N3O.C13H17NO4.C8H9NO2.2HI.2V/c1-19(2,3)12-17(23)21-13-14-4-6-15(7-5-14)18(24)22-16-8-10-20-11-9-16;1-18(2,3)24-17(23)20-12-13-4-6-14(7-5-13)16(22)21-15-8-10-19-11-9-15;14-9-10-1-3-11(4-2-10)13(17)16-12-5-7-15-8-6-12;1-13(2,3)18-12(17)14-8-9-4-6-10(7-5-9)11(15)16;9-5-6-1-3-7(4-2-6)8(10)11;;;;/h4-11H,12-13H2,1-3H3,(H,21,23)(H,20,22,24);4-11H,12H2,1-3H3,(H,20,23)(H,19,21,22);1-8H,9,14H2,(H,15,16,17);4-7H,8H2,1-3H3,(H,14,17)(H,15,16);1-4H,5,9H2,(H,10,11);2*1H;;/q;;;;;;;;+2/p-2. The van der Waals surface area contributed by atoms with Crippen LogP contribution in [-0.4, -0.2) is 84.1 Å². The van der Waals surface area contributed by atoms with Gasteiger partial charge in [-0.3, -0.25) is 34.1 Å². The van der Waals surface area contributed by atoms with Gasteiger partial charge < -0.3 is 63.1 Å². The number of pyridine rings is 3. The largest absolute Gasteiger partial charge is 0 e. The molecule has 1 radical (unpaired) electrons. The molecular formula is C71H83I2N11O12V2. The van der Waals surface area contributed by atoms with Crippen LogP contribution in [0.5, 0.6) is 0 Å². The van der Waals surface area contributed by atoms with E-state index in [1.165, 1.54) is 12.1 Å². The van der Waals surface area contributed by atoms with E-state index in [1.807, 2.05) is 65.8 Å². The maximum Gasteiger partial charge on any atom is 0 e. The first-order valence-electron chi connectivity index (χ1n) is 30.0. The summed E-state index contributed by atoms with van der Waals surface area (Å²) >= 11 is 4.74. The molecule has 0 spiro atoms. The van der Waals surface area contributed by atoms with Gasteiger partial charge in [0.2, 0.25) is 5.91 Å². The number of amides is 6. The summed E-state index contributed by atoms with van der Waals surface area (Å²) in [4.78, 5) is 104. The number of rotatable bonds is 17. The molecule has 6 amide bonds. The molecule has 3 heterocycles. The Morgan fingerprint density at radius 1 is 0.398 bits per heavy atom. The van der Waals surface area contributed by atoms with E-state index in [9.17, 15) is 38.4 Å². The van der Waals surface area contributed by atoms with E-state index in [2.05, 4.69) is 86.8 Å². The van der Waals surface area contributed by atoms with E-state index in [-0.39, 0.29) is 53.2 Å². The van der Waals surface area contributed by atoms with Crippen molar-refractivity contribution in [1.29, 1.82) is 0 Å². The predicted molar refractivity (Wildman–Crippen MR) is 389 cm³/mol. The summed E-state index contributed by atoms with van der Waals surface area (Å²) in [5.41, 5.74) is 18.7. The van der Waals surface area contributed by atoms with Crippen LogP contribution >= 0.6 is 40.0 Å². The summed E-state index contributed by atoms with van der Waals surface area (Å²) in [6, 6.07) is 44.6. The van der Waals surface area contributed by atoms with Crippen LogP contribution < -0.4 is 43.4 Å². The molecular weight excluding hydrogens is 1550 g/mol. The van der Waals surface area contributed by atoms with Crippen LogP contribution in [0.25, 0.3) is 0 Å². The molecule has 8 aromatic rings. The second-order valence-electron chi connectivity index (χ2n) is 23.9. The van der Waals surface area contributed by atoms with Crippen LogP contribution in [0, 0.1) is 5.41 Å². The van der Waals surface area contributed by atoms with Crippen molar-refractivity contribution in [3.8, 4) is 0 Å². The molecule has 0 fully saturated rings. The molecule has 12 N–H and O–H groups in total. The van der Waals surface area contributed by atoms with E-state index in [1.54, 1.807) is 179 Å². The third-order valence-electron chi connectivity index (χ3n) is 12.2. The van der Waals surface area contributed by atoms with Crippen LogP contribution in [0.4, 0.5) is 26.7 Å². The van der Waals surface area contributed by atoms with Gasteiger partial charge in [0.15, 0.2) is 0 Å². The molecule has 0 atom stereocenters. The van der Waals surface area contributed by atoms with Crippen molar-refractivity contribution in [1.82, 2.24) is 30.9 Å². The molecule has 3 aromatic heterocycles. The Balaban J connectivity index is 0.000000419. The Kier molecular flexibility index (Phi) is 39.4. The Morgan fingerprint density at radius 3 is 0.857 bits per heavy atom. The zero-order valence-electron chi connectivity index (χ0n) is 55.8. The topological polar surface area (TPSA) is 358 Å². The minimum atomic E-state index is -0.971. The number of anilines is 3. The van der Waals surface area contributed by atoms with Crippen molar-refractivity contribution in [2.24, 2.45) is 16.9 Å². The minimum Gasteiger partial charge on any atom is 0 e. The Bertz CT molecular complexity index is 3600. The van der Waals surface area contributed by atoms with Gasteiger partial charge in [0.05, 0.1) is 11.1 Å². The maximum absolute atomic E-state index is 12.1. The van der Waals surface area contributed by atoms with Crippen molar-refractivity contribution >= 4 is 105 Å². The third kappa shape index (κ3) is 37.8. The van der Waals surface area contributed by atoms with E-state index in [4.69, 9.17) is 31.2 Å². The van der Waals surface area contributed by atoms with Crippen molar-refractivity contribution in [3.05, 3.63) is 251 Å². The molecule has 5 aromatic carbocycles. The van der Waals surface area contributed by atoms with Crippen LogP contribution in [0.3, 0.4) is 0 Å². The molecule has 8 rings (SSSR count). The molecule has 0 saturated heterocycles. The van der Waals surface area contributed by atoms with Gasteiger partial charge in [-0.05, 0) is 172 Å². The zero-order chi connectivity index (χ0) is 72.0. The Morgan fingerprint density at radius 2 is 0.633 bits per heavy atom. The van der Waals surface area contributed by atoms with E-state index >= 15 is 0 Å². The summed E-state index contributed by atoms with van der Waals surface area (Å²) < 4.78 is 10.2. The number of nitrogens with two attached hydrogens (primary N) is 2. The van der Waals surface area contributed by atoms with Gasteiger partial charge in [0, 0.05) is 129 Å². The number of halogens is 2. The Labute approximate surface area is 612 Å². The number of nitrogens with one attached hydrogen (secondary N) is 6. The normalized spacial score (nSPS) is 10.3. The average Bonchev–Trinajstić information content (AvgIpc) is 0.921. The second kappa shape index (κ2) is 45.1. The van der Waals surface area contributed by atoms with E-state index in [0.717, 1.165) is 33.5 Å². The summed E-state index contributed by atoms with van der Waals surface area (Å²) in [6.07, 6.45) is 9.26. The Hall–Kier alpha value is -8.54. The molecule has 0 aliphatic carbocycles. The molecule has 98 heavy (non-hydrogen) atoms. The fourth-order valence-electron chi connectivity index (χ4n) is 7.53. The number of hydrogen-bond donors (Lipinski definition) is 10. The molecule has 0 aliphatic rings. The number of carbonyl (C=O) groups is 8. The van der Waals surface area contributed by atoms with Gasteiger partial charge in [0.1, 0.15) is 11.2 Å². The number of nitrogens with zero attached hydrogens (tertiary/aromatic N) is 3. The smallest absolute Gasteiger partial charge is 0 e. The predicted octanol–water partition coefficient (Wildman–Crippen LogP) is 13.6. The van der Waals surface area contributed by atoms with Gasteiger partial charge >= 0.3 is 73.5 Å². The summed E-state index contributed by atoms with van der Waals surface area (Å²) in [5, 5.41) is 33.8. The summed E-state index contributed by atoms with van der Waals surface area (Å²) in [7, 11) is 0.628. The first-order valence-corrected chi connectivity index (χ1v) is 39.0. The molecule has 0 unspecified atom stereocenters. The second-order valence-corrected chi connectivity index (χ2v) is 35.7. The third-order valence-corrected chi connectivity index (χ3v) is 12.2. The number of benzene rings is 5. The zero-order valence-corrected chi connectivity index (χ0v) is 62.9. The van der Waals surface area contributed by atoms with E-state index in [0.29, 0.717) is 82.2 Å². The van der Waals surface area contributed by atoms with E-state index < -0.39 is 35.3 Å². The van der Waals surface area contributed by atoms with Crippen molar-refractivity contribution in [3.63, 3.8) is 0 Å². The number of hydrogen-bond acceptors (Lipinski definition) is 15. The molecule has 0 bridgehead atoms. The van der Waals surface area contributed by atoms with Gasteiger partial charge in [-0.15, -0.1) is 0 Å². The van der Waals surface area contributed by atoms with Crippen LogP contribution in [0.1, 0.15) is 148 Å². The molecule has 23 nitrogen and oxygen atoms in total. The number of aromatic carboxylic acids is 2. The molecule has 0 saturated carbocycles. The number of carboxylic acid groups (broad SMARTS) is 2. The van der Waals surface area contributed by atoms with Gasteiger partial charge in [0.25, 0.3) is 17.7 Å². The van der Waals surface area contributed by atoms with Crippen LogP contribution in [0.15, 0.2) is 195 Å². The van der Waals surface area contributed by atoms with Crippen molar-refractivity contribution < 1.29 is 86.1 Å². The fourth-order valence-corrected chi connectivity index (χ4v) is 7.53. The van der Waals surface area contributed by atoms with Gasteiger partial charge in [-0.1, -0.05) is 81.4 Å². The molecule has 27 heteroatoms. The monoisotopic (exact) mass is 1640 g/mol. The van der Waals surface area contributed by atoms with Crippen molar-refractivity contribution in [2.45, 2.75) is 113 Å². The summed E-state index contributed by atoms with van der Waals surface area (Å²) in [5.74, 6) is -2.37. The molecule has 518 valence electrons. The first-order chi connectivity index (χ1) is 45.9. The minimum absolute atomic E-state index is 0. The molecule has 0 aliphatic heterocycles. The SMILES string of the molecule is CC(C)(C)CC(=O)NCc1ccc(C(=O)Nc2ccncc2)cc1.CC(C)(C)OC(=O)NCc1ccc(C(=O)Nc2ccncc2)cc1.CC(C)(C)OC(=O)NCc1ccc(C(=O)O)cc1.NCc1ccc(C(=O)Nc2ccncc2)cc1.NCc1ccc(C(=O)O)cc1.[I][V][I].[V]. The quantitative estimate of drug-likeness (QED) is 0.0379. The first kappa shape index (κ1) is 85.5. The van der Waals surface area contributed by atoms with Crippen molar-refractivity contribution in [2.75, 3.05) is 16.0 Å². The number of ether oxygens (including phenoxy) is 2. The number of carbonyl (C=O) groups excluding carboxylic acids is 6. The average molecular weight is 1640 g/mol. The van der Waals surface area contributed by atoms with Gasteiger partial charge in [-0.25, -0.2) is 19.2 Å². The summed E-state index contributed by atoms with van der Waals surface area (Å²) in [6.45, 7) is 18.9.